The van der Waals surface area contributed by atoms with Gasteiger partial charge < -0.3 is 10.1 Å². The Morgan fingerprint density at radius 3 is 2.81 bits per heavy atom. The first-order chi connectivity index (χ1) is 7.69. The number of ether oxygens (including phenoxy) is 1. The van der Waals surface area contributed by atoms with Crippen molar-refractivity contribution in [3.63, 3.8) is 0 Å². The van der Waals surface area contributed by atoms with Crippen LogP contribution < -0.4 is 10.1 Å². The number of thioether (sulfide) groups is 1. The standard InChI is InChI=1S/C12H18FNOS/c1-9(14-2)11-5-4-10(8-12(11)13)15-6-7-16-3/h4-5,8-9,14H,6-7H2,1-3H3. The van der Waals surface area contributed by atoms with Crippen molar-refractivity contribution in [3.05, 3.63) is 29.6 Å². The molecular weight excluding hydrogens is 225 g/mol. The second-order valence-corrected chi connectivity index (χ2v) is 4.52. The topological polar surface area (TPSA) is 21.3 Å². The first kappa shape index (κ1) is 13.3. The van der Waals surface area contributed by atoms with Gasteiger partial charge in [0.05, 0.1) is 6.61 Å². The van der Waals surface area contributed by atoms with Gasteiger partial charge in [-0.25, -0.2) is 4.39 Å². The fraction of sp³-hybridized carbons (Fsp3) is 0.500. The van der Waals surface area contributed by atoms with Crippen molar-refractivity contribution in [2.75, 3.05) is 25.7 Å². The summed E-state index contributed by atoms with van der Waals surface area (Å²) in [6.45, 7) is 2.54. The summed E-state index contributed by atoms with van der Waals surface area (Å²) in [5.41, 5.74) is 0.666. The molecule has 1 aromatic rings. The SMILES string of the molecule is CNC(C)c1ccc(OCCSC)cc1F. The highest BCUT2D eigenvalue weighted by atomic mass is 32.2. The van der Waals surface area contributed by atoms with Crippen LogP contribution in [0.3, 0.4) is 0 Å². The van der Waals surface area contributed by atoms with Crippen LogP contribution in [0.4, 0.5) is 4.39 Å². The van der Waals surface area contributed by atoms with Gasteiger partial charge in [0.15, 0.2) is 0 Å². The van der Waals surface area contributed by atoms with E-state index in [1.165, 1.54) is 6.07 Å². The van der Waals surface area contributed by atoms with Gasteiger partial charge in [-0.15, -0.1) is 0 Å². The molecule has 0 heterocycles. The monoisotopic (exact) mass is 243 g/mol. The van der Waals surface area contributed by atoms with Gasteiger partial charge in [-0.2, -0.15) is 11.8 Å². The maximum Gasteiger partial charge on any atom is 0.131 e. The number of benzene rings is 1. The van der Waals surface area contributed by atoms with E-state index >= 15 is 0 Å². The highest BCUT2D eigenvalue weighted by Gasteiger charge is 2.09. The van der Waals surface area contributed by atoms with Crippen molar-refractivity contribution in [1.29, 1.82) is 0 Å². The predicted octanol–water partition coefficient (Wildman–Crippen LogP) is 2.85. The molecule has 1 atom stereocenters. The van der Waals surface area contributed by atoms with Crippen LogP contribution in [0.2, 0.25) is 0 Å². The van der Waals surface area contributed by atoms with Gasteiger partial charge in [-0.1, -0.05) is 6.07 Å². The quantitative estimate of drug-likeness (QED) is 0.776. The first-order valence-corrected chi connectivity index (χ1v) is 6.67. The molecule has 0 amide bonds. The summed E-state index contributed by atoms with van der Waals surface area (Å²) < 4.78 is 19.1. The van der Waals surface area contributed by atoms with Gasteiger partial charge in [0.2, 0.25) is 0 Å². The van der Waals surface area contributed by atoms with Crippen molar-refractivity contribution >= 4 is 11.8 Å². The third-order valence-electron chi connectivity index (χ3n) is 2.43. The predicted molar refractivity (Wildman–Crippen MR) is 67.8 cm³/mol. The molecule has 1 unspecified atom stereocenters. The average Bonchev–Trinajstić information content (AvgIpc) is 2.29. The van der Waals surface area contributed by atoms with Crippen molar-refractivity contribution in [1.82, 2.24) is 5.32 Å². The molecule has 0 aliphatic carbocycles. The zero-order valence-electron chi connectivity index (χ0n) is 9.92. The average molecular weight is 243 g/mol. The van der Waals surface area contributed by atoms with Crippen LogP contribution in [-0.2, 0) is 0 Å². The second-order valence-electron chi connectivity index (χ2n) is 3.53. The number of hydrogen-bond acceptors (Lipinski definition) is 3. The molecule has 2 nitrogen and oxygen atoms in total. The summed E-state index contributed by atoms with van der Waals surface area (Å²) in [7, 11) is 1.81. The summed E-state index contributed by atoms with van der Waals surface area (Å²) in [5, 5.41) is 3.01. The third-order valence-corrected chi connectivity index (χ3v) is 3.00. The summed E-state index contributed by atoms with van der Waals surface area (Å²) in [5.74, 6) is 1.29. The van der Waals surface area contributed by atoms with Crippen LogP contribution in [0, 0.1) is 5.82 Å². The van der Waals surface area contributed by atoms with E-state index in [-0.39, 0.29) is 11.9 Å². The van der Waals surface area contributed by atoms with E-state index in [1.807, 2.05) is 26.3 Å². The molecule has 0 aliphatic heterocycles. The van der Waals surface area contributed by atoms with Crippen molar-refractivity contribution in [2.24, 2.45) is 0 Å². The Hall–Kier alpha value is -0.740. The molecule has 0 aliphatic rings. The van der Waals surface area contributed by atoms with Crippen LogP contribution in [0.1, 0.15) is 18.5 Å². The minimum atomic E-state index is -0.219. The minimum Gasteiger partial charge on any atom is -0.493 e. The van der Waals surface area contributed by atoms with Crippen molar-refractivity contribution in [3.8, 4) is 5.75 Å². The van der Waals surface area contributed by atoms with E-state index in [1.54, 1.807) is 17.8 Å². The normalized spacial score (nSPS) is 12.5. The van der Waals surface area contributed by atoms with Crippen molar-refractivity contribution < 1.29 is 9.13 Å². The fourth-order valence-corrected chi connectivity index (χ4v) is 1.60. The number of hydrogen-bond donors (Lipinski definition) is 1. The van der Waals surface area contributed by atoms with Gasteiger partial charge in [0.25, 0.3) is 0 Å². The summed E-state index contributed by atoms with van der Waals surface area (Å²) in [6, 6.07) is 5.04. The third kappa shape index (κ3) is 3.68. The van der Waals surface area contributed by atoms with Gasteiger partial charge >= 0.3 is 0 Å². The van der Waals surface area contributed by atoms with Gasteiger partial charge in [-0.3, -0.25) is 0 Å². The molecule has 0 spiro atoms. The highest BCUT2D eigenvalue weighted by Crippen LogP contribution is 2.21. The second kappa shape index (κ2) is 6.76. The fourth-order valence-electron chi connectivity index (χ4n) is 1.35. The zero-order valence-corrected chi connectivity index (χ0v) is 10.7. The number of rotatable bonds is 6. The Kier molecular flexibility index (Phi) is 5.63. The smallest absolute Gasteiger partial charge is 0.131 e. The molecule has 0 saturated carbocycles. The number of halogens is 1. The lowest BCUT2D eigenvalue weighted by atomic mass is 10.1. The molecule has 0 bridgehead atoms. The lowest BCUT2D eigenvalue weighted by molar-refractivity contribution is 0.341. The Morgan fingerprint density at radius 1 is 1.50 bits per heavy atom. The van der Waals surface area contributed by atoms with E-state index in [0.29, 0.717) is 17.9 Å². The molecule has 1 N–H and O–H groups in total. The van der Waals surface area contributed by atoms with Crippen LogP contribution in [-0.4, -0.2) is 25.7 Å². The first-order valence-electron chi connectivity index (χ1n) is 5.27. The van der Waals surface area contributed by atoms with Crippen LogP contribution in [0.25, 0.3) is 0 Å². The zero-order chi connectivity index (χ0) is 12.0. The maximum atomic E-state index is 13.7. The molecule has 1 aromatic carbocycles. The highest BCUT2D eigenvalue weighted by molar-refractivity contribution is 7.98. The van der Waals surface area contributed by atoms with E-state index in [0.717, 1.165) is 5.75 Å². The largest absolute Gasteiger partial charge is 0.493 e. The van der Waals surface area contributed by atoms with E-state index < -0.39 is 0 Å². The maximum absolute atomic E-state index is 13.7. The summed E-state index contributed by atoms with van der Waals surface area (Å²) in [4.78, 5) is 0. The Balaban J connectivity index is 2.67. The molecule has 0 fully saturated rings. The Morgan fingerprint density at radius 2 is 2.25 bits per heavy atom. The molecule has 0 aromatic heterocycles. The molecule has 0 radical (unpaired) electrons. The summed E-state index contributed by atoms with van der Waals surface area (Å²) in [6.07, 6.45) is 2.02. The van der Waals surface area contributed by atoms with Crippen LogP contribution >= 0.6 is 11.8 Å². The lowest BCUT2D eigenvalue weighted by Gasteiger charge is -2.13. The van der Waals surface area contributed by atoms with Gasteiger partial charge in [0.1, 0.15) is 11.6 Å². The van der Waals surface area contributed by atoms with E-state index in [9.17, 15) is 4.39 Å². The lowest BCUT2D eigenvalue weighted by Crippen LogP contribution is -2.14. The molecule has 4 heteroatoms. The van der Waals surface area contributed by atoms with Crippen molar-refractivity contribution in [2.45, 2.75) is 13.0 Å². The van der Waals surface area contributed by atoms with Crippen LogP contribution in [0.15, 0.2) is 18.2 Å². The van der Waals surface area contributed by atoms with Crippen LogP contribution in [0.5, 0.6) is 5.75 Å². The number of nitrogens with one attached hydrogen (secondary N) is 1. The Bertz CT molecular complexity index is 333. The van der Waals surface area contributed by atoms with E-state index in [4.69, 9.17) is 4.74 Å². The van der Waals surface area contributed by atoms with Gasteiger partial charge in [-0.05, 0) is 26.3 Å². The molecule has 1 rings (SSSR count). The molecule has 16 heavy (non-hydrogen) atoms. The molecule has 0 saturated heterocycles. The summed E-state index contributed by atoms with van der Waals surface area (Å²) >= 11 is 1.71. The van der Waals surface area contributed by atoms with Gasteiger partial charge in [0, 0.05) is 23.4 Å². The molecule has 90 valence electrons. The van der Waals surface area contributed by atoms with E-state index in [2.05, 4.69) is 5.32 Å². The Labute approximate surface area is 101 Å². The molecular formula is C12H18FNOS. The minimum absolute atomic E-state index is 0.0141.